The predicted molar refractivity (Wildman–Crippen MR) is 70.3 cm³/mol. The predicted octanol–water partition coefficient (Wildman–Crippen LogP) is 0.752. The van der Waals surface area contributed by atoms with E-state index in [-0.39, 0.29) is 18.0 Å². The monoisotopic (exact) mass is 274 g/mol. The molecule has 1 N–H and O–H groups in total. The van der Waals surface area contributed by atoms with E-state index in [1.54, 1.807) is 11.0 Å². The Morgan fingerprint density at radius 1 is 1.25 bits per heavy atom. The molecule has 104 valence electrons. The average Bonchev–Trinajstić information content (AvgIpc) is 3.08. The van der Waals surface area contributed by atoms with Gasteiger partial charge in [0.15, 0.2) is 0 Å². The molecule has 1 fully saturated rings. The molecule has 0 aliphatic carbocycles. The van der Waals surface area contributed by atoms with Crippen molar-refractivity contribution in [1.82, 2.24) is 19.9 Å². The van der Waals surface area contributed by atoms with E-state index in [0.717, 1.165) is 25.9 Å². The van der Waals surface area contributed by atoms with Gasteiger partial charge in [-0.1, -0.05) is 5.21 Å². The molecule has 1 saturated heterocycles. The van der Waals surface area contributed by atoms with Gasteiger partial charge in [-0.2, -0.15) is 0 Å². The van der Waals surface area contributed by atoms with Crippen molar-refractivity contribution >= 4 is 22.9 Å². The van der Waals surface area contributed by atoms with Gasteiger partial charge in [-0.25, -0.2) is 9.48 Å². The molecule has 1 aromatic carbocycles. The Labute approximate surface area is 114 Å². The number of aromatic nitrogens is 3. The van der Waals surface area contributed by atoms with Crippen LogP contribution >= 0.6 is 0 Å². The van der Waals surface area contributed by atoms with Gasteiger partial charge in [-0.3, -0.25) is 4.79 Å². The highest BCUT2D eigenvalue weighted by Crippen LogP contribution is 2.15. The van der Waals surface area contributed by atoms with Gasteiger partial charge in [0.1, 0.15) is 12.1 Å². The van der Waals surface area contributed by atoms with Crippen LogP contribution in [0.5, 0.6) is 0 Å². The largest absolute Gasteiger partial charge is 0.478 e. The summed E-state index contributed by atoms with van der Waals surface area (Å²) in [5.74, 6) is -1.01. The van der Waals surface area contributed by atoms with Crippen LogP contribution in [0.1, 0.15) is 23.2 Å². The number of benzene rings is 1. The molecule has 1 aliphatic heterocycles. The summed E-state index contributed by atoms with van der Waals surface area (Å²) in [6.07, 6.45) is 2.07. The summed E-state index contributed by atoms with van der Waals surface area (Å²) < 4.78 is 1.46. The number of carbonyl (C=O) groups excluding carboxylic acids is 1. The van der Waals surface area contributed by atoms with E-state index in [9.17, 15) is 9.59 Å². The molecule has 1 amide bonds. The highest BCUT2D eigenvalue weighted by Gasteiger charge is 2.19. The van der Waals surface area contributed by atoms with E-state index in [1.165, 1.54) is 16.8 Å². The third-order valence-electron chi connectivity index (χ3n) is 3.50. The Balaban J connectivity index is 1.89. The zero-order valence-electron chi connectivity index (χ0n) is 10.8. The van der Waals surface area contributed by atoms with Gasteiger partial charge in [-0.15, -0.1) is 5.10 Å². The van der Waals surface area contributed by atoms with Crippen LogP contribution in [0.25, 0.3) is 11.0 Å². The summed E-state index contributed by atoms with van der Waals surface area (Å²) >= 11 is 0. The van der Waals surface area contributed by atoms with E-state index in [1.807, 2.05) is 0 Å². The third-order valence-corrected chi connectivity index (χ3v) is 3.50. The van der Waals surface area contributed by atoms with Crippen molar-refractivity contribution in [2.75, 3.05) is 13.1 Å². The molecule has 7 heteroatoms. The molecule has 7 nitrogen and oxygen atoms in total. The second kappa shape index (κ2) is 4.92. The molecule has 0 radical (unpaired) electrons. The fourth-order valence-corrected chi connectivity index (χ4v) is 2.41. The van der Waals surface area contributed by atoms with Crippen LogP contribution < -0.4 is 0 Å². The van der Waals surface area contributed by atoms with Gasteiger partial charge in [0.25, 0.3) is 0 Å². The molecule has 0 bridgehead atoms. The zero-order chi connectivity index (χ0) is 14.1. The van der Waals surface area contributed by atoms with Crippen molar-refractivity contribution < 1.29 is 14.7 Å². The van der Waals surface area contributed by atoms with E-state index < -0.39 is 5.97 Å². The highest BCUT2D eigenvalue weighted by atomic mass is 16.4. The average molecular weight is 274 g/mol. The van der Waals surface area contributed by atoms with Crippen LogP contribution in [0, 0.1) is 0 Å². The maximum Gasteiger partial charge on any atom is 0.335 e. The van der Waals surface area contributed by atoms with Gasteiger partial charge in [0.2, 0.25) is 5.91 Å². The Bertz CT molecular complexity index is 673. The molecule has 1 aromatic heterocycles. The lowest BCUT2D eigenvalue weighted by molar-refractivity contribution is -0.130. The minimum atomic E-state index is -1.01. The standard InChI is InChI=1S/C13H14N4O3/c18-12(16-5-1-2-6-16)8-17-11-7-9(13(19)20)3-4-10(11)14-15-17/h3-4,7H,1-2,5-6,8H2,(H,19,20). The summed E-state index contributed by atoms with van der Waals surface area (Å²) in [6.45, 7) is 1.66. The van der Waals surface area contributed by atoms with Gasteiger partial charge in [0, 0.05) is 13.1 Å². The number of carbonyl (C=O) groups is 2. The van der Waals surface area contributed by atoms with Crippen molar-refractivity contribution in [1.29, 1.82) is 0 Å². The lowest BCUT2D eigenvalue weighted by atomic mass is 10.2. The maximum absolute atomic E-state index is 12.1. The lowest BCUT2D eigenvalue weighted by Gasteiger charge is -2.14. The van der Waals surface area contributed by atoms with Crippen molar-refractivity contribution in [3.8, 4) is 0 Å². The number of rotatable bonds is 3. The molecule has 1 aliphatic rings. The number of hydrogen-bond donors (Lipinski definition) is 1. The number of hydrogen-bond acceptors (Lipinski definition) is 4. The fourth-order valence-electron chi connectivity index (χ4n) is 2.41. The summed E-state index contributed by atoms with van der Waals surface area (Å²) in [7, 11) is 0. The first-order valence-corrected chi connectivity index (χ1v) is 6.49. The number of carboxylic acids is 1. The molecular formula is C13H14N4O3. The van der Waals surface area contributed by atoms with E-state index in [2.05, 4.69) is 10.3 Å². The Kier molecular flexibility index (Phi) is 3.09. The number of nitrogens with zero attached hydrogens (tertiary/aromatic N) is 4. The second-order valence-corrected chi connectivity index (χ2v) is 4.84. The number of likely N-dealkylation sites (tertiary alicyclic amines) is 1. The number of carboxylic acid groups (broad SMARTS) is 1. The van der Waals surface area contributed by atoms with Crippen LogP contribution in [0.3, 0.4) is 0 Å². The van der Waals surface area contributed by atoms with Gasteiger partial charge in [0.05, 0.1) is 11.1 Å². The quantitative estimate of drug-likeness (QED) is 0.892. The Hall–Kier alpha value is -2.44. The van der Waals surface area contributed by atoms with Crippen LogP contribution in [0.15, 0.2) is 18.2 Å². The molecule has 0 spiro atoms. The van der Waals surface area contributed by atoms with Crippen LogP contribution in [0.4, 0.5) is 0 Å². The third kappa shape index (κ3) is 2.22. The normalized spacial score (nSPS) is 14.9. The first-order valence-electron chi connectivity index (χ1n) is 6.49. The molecular weight excluding hydrogens is 260 g/mol. The number of aromatic carboxylic acids is 1. The first kappa shape index (κ1) is 12.6. The van der Waals surface area contributed by atoms with Gasteiger partial charge < -0.3 is 10.0 Å². The van der Waals surface area contributed by atoms with E-state index in [4.69, 9.17) is 5.11 Å². The number of amides is 1. The molecule has 2 heterocycles. The second-order valence-electron chi connectivity index (χ2n) is 4.84. The molecule has 0 atom stereocenters. The van der Waals surface area contributed by atoms with Crippen molar-refractivity contribution in [2.24, 2.45) is 0 Å². The zero-order valence-corrected chi connectivity index (χ0v) is 10.8. The van der Waals surface area contributed by atoms with Crippen LogP contribution in [0.2, 0.25) is 0 Å². The van der Waals surface area contributed by atoms with E-state index >= 15 is 0 Å². The van der Waals surface area contributed by atoms with Crippen molar-refractivity contribution in [2.45, 2.75) is 19.4 Å². The summed E-state index contributed by atoms with van der Waals surface area (Å²) in [4.78, 5) is 24.9. The van der Waals surface area contributed by atoms with Crippen molar-refractivity contribution in [3.63, 3.8) is 0 Å². The lowest BCUT2D eigenvalue weighted by Crippen LogP contribution is -2.31. The molecule has 0 unspecified atom stereocenters. The van der Waals surface area contributed by atoms with Crippen LogP contribution in [-0.4, -0.2) is 50.0 Å². The Morgan fingerprint density at radius 2 is 2.00 bits per heavy atom. The smallest absolute Gasteiger partial charge is 0.335 e. The van der Waals surface area contributed by atoms with Crippen molar-refractivity contribution in [3.05, 3.63) is 23.8 Å². The Morgan fingerprint density at radius 3 is 2.70 bits per heavy atom. The SMILES string of the molecule is O=C(O)c1ccc2nnn(CC(=O)N3CCCC3)c2c1. The topological polar surface area (TPSA) is 88.3 Å². The molecule has 20 heavy (non-hydrogen) atoms. The first-order chi connectivity index (χ1) is 9.65. The maximum atomic E-state index is 12.1. The van der Waals surface area contributed by atoms with Crippen LogP contribution in [-0.2, 0) is 11.3 Å². The summed E-state index contributed by atoms with van der Waals surface area (Å²) in [6, 6.07) is 4.57. The molecule has 2 aromatic rings. The summed E-state index contributed by atoms with van der Waals surface area (Å²) in [5, 5.41) is 16.9. The highest BCUT2D eigenvalue weighted by molar-refractivity contribution is 5.92. The summed E-state index contributed by atoms with van der Waals surface area (Å²) in [5.41, 5.74) is 1.32. The molecule has 0 saturated carbocycles. The van der Waals surface area contributed by atoms with E-state index in [0.29, 0.717) is 11.0 Å². The number of fused-ring (bicyclic) bond motifs is 1. The minimum Gasteiger partial charge on any atom is -0.478 e. The molecule has 3 rings (SSSR count). The van der Waals surface area contributed by atoms with Gasteiger partial charge >= 0.3 is 5.97 Å². The van der Waals surface area contributed by atoms with Gasteiger partial charge in [-0.05, 0) is 31.0 Å². The fraction of sp³-hybridized carbons (Fsp3) is 0.385. The minimum absolute atomic E-state index is 0.00460.